The lowest BCUT2D eigenvalue weighted by Crippen LogP contribution is -2.01. The lowest BCUT2D eigenvalue weighted by molar-refractivity contribution is 0.686. The molecule has 1 aromatic rings. The number of azo groups is 1. The smallest absolute Gasteiger partial charge is 0.122 e. The van der Waals surface area contributed by atoms with Crippen LogP contribution in [0.15, 0.2) is 22.4 Å². The highest BCUT2D eigenvalue weighted by molar-refractivity contribution is 9.09. The molecule has 18 heavy (non-hydrogen) atoms. The van der Waals surface area contributed by atoms with Crippen LogP contribution in [0.25, 0.3) is 0 Å². The van der Waals surface area contributed by atoms with Gasteiger partial charge in [0, 0.05) is 9.85 Å². The predicted octanol–water partition coefficient (Wildman–Crippen LogP) is 6.68. The summed E-state index contributed by atoms with van der Waals surface area (Å²) in [7, 11) is 0. The summed E-state index contributed by atoms with van der Waals surface area (Å²) in [5.41, 5.74) is 0.470. The second-order valence-corrected chi connectivity index (χ2v) is 6.43. The zero-order chi connectivity index (χ0) is 13.5. The van der Waals surface area contributed by atoms with E-state index in [0.29, 0.717) is 32.1 Å². The normalized spacial score (nSPS) is 13.2. The molecule has 0 heterocycles. The molecule has 0 saturated heterocycles. The average molecular weight is 373 g/mol. The Kier molecular flexibility index (Phi) is 7.54. The molecule has 1 aromatic carbocycles. The molecule has 1 atom stereocenters. The second-order valence-electron chi connectivity index (χ2n) is 3.88. The molecule has 0 aliphatic rings. The summed E-state index contributed by atoms with van der Waals surface area (Å²) in [5, 5.41) is 9.50. The lowest BCUT2D eigenvalue weighted by atomic mass is 10.2. The Morgan fingerprint density at radius 2 is 1.83 bits per heavy atom. The van der Waals surface area contributed by atoms with E-state index < -0.39 is 0 Å². The number of benzene rings is 1. The monoisotopic (exact) mass is 370 g/mol. The van der Waals surface area contributed by atoms with E-state index in [4.69, 9.17) is 34.8 Å². The molecule has 0 spiro atoms. The summed E-state index contributed by atoms with van der Waals surface area (Å²) in [5.74, 6) is 0. The molecule has 6 heteroatoms. The van der Waals surface area contributed by atoms with Crippen LogP contribution >= 0.6 is 50.7 Å². The standard InChI is InChI=1S/C12H14BrCl3N2/c1-2-3-4-8(13)7-17-18-12-10(15)5-9(14)6-11(12)16/h5-6,8H,2-4,7H2,1H3. The van der Waals surface area contributed by atoms with Crippen molar-refractivity contribution < 1.29 is 0 Å². The van der Waals surface area contributed by atoms with Gasteiger partial charge in [-0.1, -0.05) is 70.5 Å². The Labute approximate surface area is 131 Å². The molecule has 1 rings (SSSR count). The van der Waals surface area contributed by atoms with E-state index in [9.17, 15) is 0 Å². The minimum Gasteiger partial charge on any atom is -0.187 e. The summed E-state index contributed by atoms with van der Waals surface area (Å²) in [4.78, 5) is 0.339. The van der Waals surface area contributed by atoms with Crippen molar-refractivity contribution in [2.75, 3.05) is 6.54 Å². The molecular formula is C12H14BrCl3N2. The van der Waals surface area contributed by atoms with Crippen molar-refractivity contribution in [2.24, 2.45) is 10.2 Å². The number of hydrogen-bond acceptors (Lipinski definition) is 2. The molecule has 0 radical (unpaired) electrons. The first-order valence-electron chi connectivity index (χ1n) is 5.70. The molecule has 100 valence electrons. The van der Waals surface area contributed by atoms with Crippen molar-refractivity contribution in [2.45, 2.75) is 31.0 Å². The molecule has 0 aliphatic carbocycles. The van der Waals surface area contributed by atoms with Crippen LogP contribution in [0.5, 0.6) is 0 Å². The van der Waals surface area contributed by atoms with Gasteiger partial charge >= 0.3 is 0 Å². The van der Waals surface area contributed by atoms with Gasteiger partial charge in [0.1, 0.15) is 5.69 Å². The summed E-state index contributed by atoms with van der Waals surface area (Å²) >= 11 is 21.4. The van der Waals surface area contributed by atoms with Gasteiger partial charge in [0.2, 0.25) is 0 Å². The fourth-order valence-corrected chi connectivity index (χ4v) is 2.69. The highest BCUT2D eigenvalue weighted by Gasteiger charge is 2.07. The maximum atomic E-state index is 6.00. The van der Waals surface area contributed by atoms with Crippen LogP contribution in [0.2, 0.25) is 15.1 Å². The van der Waals surface area contributed by atoms with Crippen LogP contribution in [-0.4, -0.2) is 11.4 Å². The molecule has 0 amide bonds. The van der Waals surface area contributed by atoms with Gasteiger partial charge < -0.3 is 0 Å². The van der Waals surface area contributed by atoms with Crippen LogP contribution in [0.1, 0.15) is 26.2 Å². The SMILES string of the molecule is CCCCC(Br)CN=Nc1c(Cl)cc(Cl)cc1Cl. The molecule has 0 bridgehead atoms. The van der Waals surface area contributed by atoms with Crippen molar-refractivity contribution in [3.05, 3.63) is 27.2 Å². The van der Waals surface area contributed by atoms with E-state index in [2.05, 4.69) is 33.1 Å². The molecule has 2 nitrogen and oxygen atoms in total. The molecule has 0 fully saturated rings. The number of rotatable bonds is 6. The third-order valence-corrected chi connectivity index (χ3v) is 3.84. The molecule has 1 unspecified atom stereocenters. The van der Waals surface area contributed by atoms with Crippen LogP contribution in [0.4, 0.5) is 5.69 Å². The molecule has 0 aliphatic heterocycles. The predicted molar refractivity (Wildman–Crippen MR) is 83.1 cm³/mol. The largest absolute Gasteiger partial charge is 0.187 e. The number of nitrogens with zero attached hydrogens (tertiary/aromatic N) is 2. The van der Waals surface area contributed by atoms with E-state index in [1.807, 2.05) is 0 Å². The van der Waals surface area contributed by atoms with Crippen LogP contribution in [0, 0.1) is 0 Å². The van der Waals surface area contributed by atoms with E-state index in [-0.39, 0.29) is 0 Å². The number of hydrogen-bond donors (Lipinski definition) is 0. The van der Waals surface area contributed by atoms with Crippen LogP contribution in [0.3, 0.4) is 0 Å². The van der Waals surface area contributed by atoms with Gasteiger partial charge in [-0.05, 0) is 18.6 Å². The maximum absolute atomic E-state index is 6.00. The van der Waals surface area contributed by atoms with Gasteiger partial charge in [-0.2, -0.15) is 10.2 Å². The van der Waals surface area contributed by atoms with Gasteiger partial charge in [-0.3, -0.25) is 0 Å². The Morgan fingerprint density at radius 1 is 1.22 bits per heavy atom. The Morgan fingerprint density at radius 3 is 2.39 bits per heavy atom. The minimum atomic E-state index is 0.339. The lowest BCUT2D eigenvalue weighted by Gasteiger charge is -2.05. The van der Waals surface area contributed by atoms with Gasteiger partial charge in [-0.15, -0.1) is 0 Å². The molecule has 0 aromatic heterocycles. The number of alkyl halides is 1. The first-order chi connectivity index (χ1) is 8.54. The van der Waals surface area contributed by atoms with Crippen LogP contribution < -0.4 is 0 Å². The summed E-state index contributed by atoms with van der Waals surface area (Å²) in [6, 6.07) is 3.21. The quantitative estimate of drug-likeness (QED) is 0.393. The van der Waals surface area contributed by atoms with Gasteiger partial charge in [0.15, 0.2) is 0 Å². The first kappa shape index (κ1) is 16.2. The van der Waals surface area contributed by atoms with Crippen LogP contribution in [-0.2, 0) is 0 Å². The molecule has 0 saturated carbocycles. The number of halogens is 4. The average Bonchev–Trinajstić information content (AvgIpc) is 2.29. The molecule has 0 N–H and O–H groups in total. The van der Waals surface area contributed by atoms with Gasteiger partial charge in [0.05, 0.1) is 16.6 Å². The van der Waals surface area contributed by atoms with E-state index in [1.165, 1.54) is 12.8 Å². The fourth-order valence-electron chi connectivity index (χ4n) is 1.35. The second kappa shape index (κ2) is 8.36. The molecular weight excluding hydrogens is 358 g/mol. The third kappa shape index (κ3) is 5.43. The van der Waals surface area contributed by atoms with E-state index in [1.54, 1.807) is 12.1 Å². The number of unbranched alkanes of at least 4 members (excludes halogenated alkanes) is 1. The van der Waals surface area contributed by atoms with Gasteiger partial charge in [-0.25, -0.2) is 0 Å². The van der Waals surface area contributed by atoms with Crippen molar-refractivity contribution in [3.63, 3.8) is 0 Å². The maximum Gasteiger partial charge on any atom is 0.122 e. The Bertz CT molecular complexity index is 401. The highest BCUT2D eigenvalue weighted by Crippen LogP contribution is 2.36. The van der Waals surface area contributed by atoms with Crippen molar-refractivity contribution in [1.29, 1.82) is 0 Å². The summed E-state index contributed by atoms with van der Waals surface area (Å²) in [6.07, 6.45) is 3.43. The topological polar surface area (TPSA) is 24.7 Å². The first-order valence-corrected chi connectivity index (χ1v) is 7.75. The third-order valence-electron chi connectivity index (χ3n) is 2.30. The fraction of sp³-hybridized carbons (Fsp3) is 0.500. The Balaban J connectivity index is 2.62. The zero-order valence-corrected chi connectivity index (χ0v) is 13.8. The van der Waals surface area contributed by atoms with Gasteiger partial charge in [0.25, 0.3) is 0 Å². The minimum absolute atomic E-state index is 0.339. The Hall–Kier alpha value is 0.170. The van der Waals surface area contributed by atoms with E-state index in [0.717, 1.165) is 6.42 Å². The highest BCUT2D eigenvalue weighted by atomic mass is 79.9. The zero-order valence-electron chi connectivity index (χ0n) is 9.97. The van der Waals surface area contributed by atoms with Crippen molar-refractivity contribution in [1.82, 2.24) is 0 Å². The van der Waals surface area contributed by atoms with Crippen molar-refractivity contribution >= 4 is 56.4 Å². The van der Waals surface area contributed by atoms with Crippen molar-refractivity contribution in [3.8, 4) is 0 Å². The summed E-state index contributed by atoms with van der Waals surface area (Å²) in [6.45, 7) is 2.77. The summed E-state index contributed by atoms with van der Waals surface area (Å²) < 4.78 is 0. The van der Waals surface area contributed by atoms with E-state index >= 15 is 0 Å².